The maximum atomic E-state index is 10.3. The van der Waals surface area contributed by atoms with Crippen molar-refractivity contribution in [3.63, 3.8) is 0 Å². The summed E-state index contributed by atoms with van der Waals surface area (Å²) in [7, 11) is 6.46. The van der Waals surface area contributed by atoms with E-state index in [4.69, 9.17) is 47.4 Å². The molecule has 5 saturated heterocycles. The number of aromatic hydroxyl groups is 1. The highest BCUT2D eigenvalue weighted by Crippen LogP contribution is 2.53. The molecule has 0 spiro atoms. The fraction of sp³-hybridized carbons (Fsp3) is 0.500. The molecule has 5 aliphatic heterocycles. The van der Waals surface area contributed by atoms with Gasteiger partial charge in [0.1, 0.15) is 35.9 Å². The first-order valence-corrected chi connectivity index (χ1v) is 21.3. The van der Waals surface area contributed by atoms with Crippen molar-refractivity contribution >= 4 is 0 Å². The van der Waals surface area contributed by atoms with Crippen molar-refractivity contribution in [1.82, 2.24) is 0 Å². The number of aliphatic hydroxyl groups excluding tert-OH is 4. The van der Waals surface area contributed by atoms with Gasteiger partial charge in [0.2, 0.25) is 6.29 Å². The summed E-state index contributed by atoms with van der Waals surface area (Å²) in [4.78, 5) is 0. The van der Waals surface area contributed by atoms with E-state index in [9.17, 15) is 25.5 Å². The third kappa shape index (κ3) is 8.78. The van der Waals surface area contributed by atoms with Crippen LogP contribution in [0, 0.1) is 37.5 Å². The summed E-state index contributed by atoms with van der Waals surface area (Å²) in [5.74, 6) is 4.20. The van der Waals surface area contributed by atoms with Gasteiger partial charge in [-0.1, -0.05) is 30.3 Å². The Hall–Kier alpha value is -4.68. The van der Waals surface area contributed by atoms with E-state index in [1.165, 1.54) is 7.11 Å². The number of hydrogen-bond acceptors (Lipinski definition) is 15. The predicted octanol–water partition coefficient (Wildman–Crippen LogP) is 5.06. The molecule has 4 aromatic carbocycles. The van der Waals surface area contributed by atoms with E-state index in [1.54, 1.807) is 39.5 Å². The van der Waals surface area contributed by atoms with Gasteiger partial charge in [0.25, 0.3) is 0 Å². The highest BCUT2D eigenvalue weighted by molar-refractivity contribution is 5.45. The maximum Gasteiger partial charge on any atom is 0.229 e. The molecule has 0 saturated carbocycles. The molecule has 6 unspecified atom stereocenters. The van der Waals surface area contributed by atoms with Crippen molar-refractivity contribution in [2.75, 3.05) is 61.5 Å². The lowest BCUT2D eigenvalue weighted by Crippen LogP contribution is -2.60. The first-order chi connectivity index (χ1) is 30.5. The predicted molar refractivity (Wildman–Crippen MR) is 226 cm³/mol. The lowest BCUT2D eigenvalue weighted by atomic mass is 9.84. The highest BCUT2D eigenvalue weighted by Gasteiger charge is 2.50. The molecule has 5 heterocycles. The summed E-state index contributed by atoms with van der Waals surface area (Å²) >= 11 is 0. The van der Waals surface area contributed by atoms with Crippen LogP contribution < -0.4 is 23.7 Å². The normalized spacial score (nSPS) is 32.0. The van der Waals surface area contributed by atoms with Gasteiger partial charge in [0.15, 0.2) is 23.0 Å². The van der Waals surface area contributed by atoms with Crippen molar-refractivity contribution < 1.29 is 72.9 Å². The molecule has 5 fully saturated rings. The second-order valence-electron chi connectivity index (χ2n) is 16.8. The Balaban J connectivity index is 0.000000180. The SMILES string of the molecule is COc1cc([C@H]2OCC3C2CO[C@H]3c2ccc(O[C@@H]3OC(CO)[C@@H](O)[C@H](O)C3O)c(C)c2)ccc1C.COc1ccc([C@@H]2OCC3C2CO[C@@H]3c2ccc(OC)c(OC)c2)cc1O. The molecule has 0 radical (unpaired) electrons. The molecule has 0 bridgehead atoms. The zero-order valence-electron chi connectivity index (χ0n) is 36.3. The van der Waals surface area contributed by atoms with Crippen molar-refractivity contribution in [3.8, 4) is 34.5 Å². The summed E-state index contributed by atoms with van der Waals surface area (Å²) in [6.07, 6.45) is -6.96. The van der Waals surface area contributed by atoms with Gasteiger partial charge in [0.05, 0.1) is 85.9 Å². The lowest BCUT2D eigenvalue weighted by Gasteiger charge is -2.39. The average molecular weight is 875 g/mol. The van der Waals surface area contributed by atoms with Gasteiger partial charge in [-0.25, -0.2) is 0 Å². The van der Waals surface area contributed by atoms with Crippen LogP contribution in [0.3, 0.4) is 0 Å². The van der Waals surface area contributed by atoms with Gasteiger partial charge in [0, 0.05) is 23.7 Å². The number of methoxy groups -OCH3 is 4. The zero-order valence-corrected chi connectivity index (χ0v) is 36.3. The Labute approximate surface area is 366 Å². The third-order valence-electron chi connectivity index (χ3n) is 13.2. The minimum Gasteiger partial charge on any atom is -0.504 e. The maximum absolute atomic E-state index is 10.3. The number of aliphatic hydroxyl groups is 4. The van der Waals surface area contributed by atoms with Crippen molar-refractivity contribution in [3.05, 3.63) is 106 Å². The van der Waals surface area contributed by atoms with Crippen LogP contribution in [0.5, 0.6) is 34.5 Å². The number of ether oxygens (including phenoxy) is 10. The monoisotopic (exact) mass is 874 g/mol. The first-order valence-electron chi connectivity index (χ1n) is 21.3. The number of rotatable bonds is 11. The summed E-state index contributed by atoms with van der Waals surface area (Å²) in [6.45, 7) is 5.80. The number of phenolic OH excluding ortho intramolecular Hbond substituents is 1. The smallest absolute Gasteiger partial charge is 0.229 e. The lowest BCUT2D eigenvalue weighted by molar-refractivity contribution is -0.277. The van der Waals surface area contributed by atoms with Crippen LogP contribution in [-0.4, -0.2) is 118 Å². The van der Waals surface area contributed by atoms with Crippen LogP contribution in [0.25, 0.3) is 0 Å². The Bertz CT molecular complexity index is 2200. The number of benzene rings is 4. The minimum absolute atomic E-state index is 0.0494. The standard InChI is InChI=1S/C27H34O9.C21H24O6/c1-13-4-5-16(9-20(13)32-3)26-18-12-33-25(17(18)11-34-26)15-6-7-19(14(2)8-15)35-27-24(31)23(30)22(29)21(10-28)36-27;1-23-17-6-4-12(8-16(17)22)20-14-10-27-21(15(14)11-26-20)13-5-7-18(24-2)19(9-13)25-3/h4-9,17-18,21-31H,10-12H2,1-3H3;4-9,14-15,20-22H,10-11H2,1-3H3/t17?,18?,21?,22-,23+,24?,25+,26-,27-;14?,15?,20-,21+/m10/s1. The molecule has 5 aliphatic rings. The van der Waals surface area contributed by atoms with Crippen molar-refractivity contribution in [1.29, 1.82) is 0 Å². The van der Waals surface area contributed by atoms with Crippen LogP contribution in [0.2, 0.25) is 0 Å². The molecule has 63 heavy (non-hydrogen) atoms. The van der Waals surface area contributed by atoms with E-state index in [0.29, 0.717) is 49.4 Å². The molecule has 0 aliphatic carbocycles. The van der Waals surface area contributed by atoms with Crippen LogP contribution in [-0.2, 0) is 23.7 Å². The average Bonchev–Trinajstić information content (AvgIpc) is 4.11. The minimum atomic E-state index is -1.49. The molecule has 5 N–H and O–H groups in total. The van der Waals surface area contributed by atoms with Gasteiger partial charge in [-0.2, -0.15) is 0 Å². The Morgan fingerprint density at radius 2 is 0.937 bits per heavy atom. The summed E-state index contributed by atoms with van der Waals surface area (Å²) < 4.78 is 57.4. The molecule has 15 nitrogen and oxygen atoms in total. The number of phenols is 1. The summed E-state index contributed by atoms with van der Waals surface area (Å²) in [5, 5.41) is 49.8. The number of aryl methyl sites for hydroxylation is 2. The first kappa shape index (κ1) is 44.9. The molecule has 4 aromatic rings. The van der Waals surface area contributed by atoms with E-state index < -0.39 is 37.3 Å². The molecule has 13 atom stereocenters. The van der Waals surface area contributed by atoms with Crippen molar-refractivity contribution in [2.45, 2.75) is 69.0 Å². The molecule has 15 heteroatoms. The fourth-order valence-electron chi connectivity index (χ4n) is 9.67. The highest BCUT2D eigenvalue weighted by atomic mass is 16.7. The second-order valence-corrected chi connectivity index (χ2v) is 16.8. The van der Waals surface area contributed by atoms with Gasteiger partial charge >= 0.3 is 0 Å². The molecule has 0 amide bonds. The van der Waals surface area contributed by atoms with Gasteiger partial charge < -0.3 is 72.9 Å². The second kappa shape index (κ2) is 19.2. The van der Waals surface area contributed by atoms with Gasteiger partial charge in [-0.15, -0.1) is 0 Å². The van der Waals surface area contributed by atoms with Crippen LogP contribution in [0.4, 0.5) is 0 Å². The Morgan fingerprint density at radius 3 is 1.41 bits per heavy atom. The van der Waals surface area contributed by atoms with E-state index >= 15 is 0 Å². The summed E-state index contributed by atoms with van der Waals surface area (Å²) in [5.41, 5.74) is 5.98. The van der Waals surface area contributed by atoms with Crippen LogP contribution in [0.15, 0.2) is 72.8 Å². The molecular weight excluding hydrogens is 817 g/mol. The molecule has 0 aromatic heterocycles. The van der Waals surface area contributed by atoms with Crippen LogP contribution in [0.1, 0.15) is 57.8 Å². The number of fused-ring (bicyclic) bond motifs is 2. The van der Waals surface area contributed by atoms with E-state index in [0.717, 1.165) is 39.1 Å². The molecule has 340 valence electrons. The Kier molecular flexibility index (Phi) is 13.7. The fourth-order valence-corrected chi connectivity index (χ4v) is 9.67. The van der Waals surface area contributed by atoms with E-state index in [-0.39, 0.29) is 53.8 Å². The topological polar surface area (TPSA) is 193 Å². The van der Waals surface area contributed by atoms with Crippen LogP contribution >= 0.6 is 0 Å². The van der Waals surface area contributed by atoms with Crippen molar-refractivity contribution in [2.24, 2.45) is 23.7 Å². The molecular formula is C48H58O15. The van der Waals surface area contributed by atoms with Gasteiger partial charge in [-0.05, 0) is 89.7 Å². The number of hydrogen-bond donors (Lipinski definition) is 5. The zero-order chi connectivity index (χ0) is 44.5. The van der Waals surface area contributed by atoms with E-state index in [1.807, 2.05) is 56.3 Å². The van der Waals surface area contributed by atoms with Gasteiger partial charge in [-0.3, -0.25) is 0 Å². The van der Waals surface area contributed by atoms with E-state index in [2.05, 4.69) is 12.1 Å². The largest absolute Gasteiger partial charge is 0.504 e. The molecule has 9 rings (SSSR count). The summed E-state index contributed by atoms with van der Waals surface area (Å²) in [6, 6.07) is 23.2. The quantitative estimate of drug-likeness (QED) is 0.134. The third-order valence-corrected chi connectivity index (χ3v) is 13.2. The Morgan fingerprint density at radius 1 is 0.492 bits per heavy atom.